The fourth-order valence-corrected chi connectivity index (χ4v) is 4.91. The number of amides is 1. The molecule has 0 fully saturated rings. The van der Waals surface area contributed by atoms with E-state index in [1.165, 1.54) is 31.6 Å². The van der Waals surface area contributed by atoms with Crippen LogP contribution in [0.25, 0.3) is 11.0 Å². The lowest BCUT2D eigenvalue weighted by Gasteiger charge is -2.21. The molecule has 5 aromatic rings. The Kier molecular flexibility index (Phi) is 7.52. The van der Waals surface area contributed by atoms with Gasteiger partial charge in [-0.25, -0.2) is 27.7 Å². The van der Waals surface area contributed by atoms with Crippen molar-refractivity contribution in [2.75, 3.05) is 29.2 Å². The topological polar surface area (TPSA) is 136 Å². The number of rotatable bonds is 9. The Morgan fingerprint density at radius 1 is 0.897 bits per heavy atom. The standard InChI is InChI=1S/C26H22N6O5S2/c1-36-19-11-17(12-20(13-19)37-2)28-24-25(31-22-9-4-3-8-21(22)30-24)32(39(34)35)18-7-5-6-16(10-18)29-26(33)23-14-38-15-27-23/h3-15,39H,1-2H3,(H,28,30)(H,29,33). The monoisotopic (exact) mass is 562 g/mol. The van der Waals surface area contributed by atoms with Crippen LogP contribution in [0, 0.1) is 0 Å². The number of thiol groups is 1. The van der Waals surface area contributed by atoms with Gasteiger partial charge in [-0.05, 0) is 30.3 Å². The molecule has 11 nitrogen and oxygen atoms in total. The van der Waals surface area contributed by atoms with Crippen molar-refractivity contribution < 1.29 is 22.7 Å². The van der Waals surface area contributed by atoms with Gasteiger partial charge >= 0.3 is 0 Å². The molecule has 0 unspecified atom stereocenters. The first kappa shape index (κ1) is 25.9. The maximum Gasteiger partial charge on any atom is 0.275 e. The van der Waals surface area contributed by atoms with Crippen molar-refractivity contribution in [3.63, 3.8) is 0 Å². The number of carbonyl (C=O) groups is 1. The number of aromatic nitrogens is 3. The van der Waals surface area contributed by atoms with Gasteiger partial charge in [-0.3, -0.25) is 4.79 Å². The molecule has 0 saturated carbocycles. The predicted octanol–water partition coefficient (Wildman–Crippen LogP) is 4.76. The van der Waals surface area contributed by atoms with Gasteiger partial charge < -0.3 is 20.1 Å². The van der Waals surface area contributed by atoms with Crippen molar-refractivity contribution in [2.24, 2.45) is 0 Å². The minimum absolute atomic E-state index is 0.0366. The zero-order valence-electron chi connectivity index (χ0n) is 20.7. The van der Waals surface area contributed by atoms with Crippen molar-refractivity contribution in [1.82, 2.24) is 15.0 Å². The molecule has 0 radical (unpaired) electrons. The SMILES string of the molecule is COc1cc(Nc2nc3ccccc3nc2N(c2cccc(NC(=O)c3cscn3)c2)[SH](=O)=O)cc(OC)c1. The number of methoxy groups -OCH3 is 2. The largest absolute Gasteiger partial charge is 0.497 e. The lowest BCUT2D eigenvalue weighted by atomic mass is 10.2. The molecule has 2 N–H and O–H groups in total. The average molecular weight is 563 g/mol. The molecular formula is C26H22N6O5S2. The summed E-state index contributed by atoms with van der Waals surface area (Å²) in [5.74, 6) is 0.867. The van der Waals surface area contributed by atoms with E-state index in [1.807, 2.05) is 6.07 Å². The summed E-state index contributed by atoms with van der Waals surface area (Å²) in [5.41, 5.74) is 4.05. The third-order valence-corrected chi connectivity index (χ3v) is 6.88. The molecule has 0 saturated heterocycles. The van der Waals surface area contributed by atoms with Crippen LogP contribution in [0.3, 0.4) is 0 Å². The highest BCUT2D eigenvalue weighted by Gasteiger charge is 2.22. The number of ether oxygens (including phenoxy) is 2. The van der Waals surface area contributed by atoms with Crippen LogP contribution < -0.4 is 24.4 Å². The van der Waals surface area contributed by atoms with E-state index in [1.54, 1.807) is 65.5 Å². The number of nitrogens with one attached hydrogen (secondary N) is 2. The molecule has 0 bridgehead atoms. The molecule has 198 valence electrons. The smallest absolute Gasteiger partial charge is 0.275 e. The minimum Gasteiger partial charge on any atom is -0.497 e. The first-order valence-electron chi connectivity index (χ1n) is 11.5. The first-order chi connectivity index (χ1) is 18.9. The molecule has 13 heteroatoms. The van der Waals surface area contributed by atoms with Gasteiger partial charge in [0.25, 0.3) is 5.91 Å². The zero-order valence-corrected chi connectivity index (χ0v) is 22.4. The van der Waals surface area contributed by atoms with Crippen LogP contribution in [0.2, 0.25) is 0 Å². The molecule has 3 aromatic carbocycles. The van der Waals surface area contributed by atoms with E-state index in [0.29, 0.717) is 33.9 Å². The predicted molar refractivity (Wildman–Crippen MR) is 151 cm³/mol. The van der Waals surface area contributed by atoms with Gasteiger partial charge in [0.05, 0.1) is 36.5 Å². The van der Waals surface area contributed by atoms with Crippen LogP contribution in [0.4, 0.5) is 28.7 Å². The second-order valence-electron chi connectivity index (χ2n) is 8.04. The van der Waals surface area contributed by atoms with E-state index in [-0.39, 0.29) is 23.0 Å². The van der Waals surface area contributed by atoms with Crippen LogP contribution in [0.5, 0.6) is 11.5 Å². The highest BCUT2D eigenvalue weighted by molar-refractivity contribution is 7.74. The van der Waals surface area contributed by atoms with Crippen LogP contribution in [0.15, 0.2) is 77.6 Å². The third kappa shape index (κ3) is 5.73. The number of carbonyl (C=O) groups excluding carboxylic acids is 1. The zero-order chi connectivity index (χ0) is 27.4. The first-order valence-corrected chi connectivity index (χ1v) is 13.5. The van der Waals surface area contributed by atoms with E-state index in [4.69, 9.17) is 9.47 Å². The van der Waals surface area contributed by atoms with E-state index in [2.05, 4.69) is 25.6 Å². The molecule has 1 amide bonds. The Bertz CT molecular complexity index is 1700. The van der Waals surface area contributed by atoms with Gasteiger partial charge in [-0.2, -0.15) is 0 Å². The number of thiazole rings is 1. The van der Waals surface area contributed by atoms with Crippen LogP contribution in [0.1, 0.15) is 10.5 Å². The molecule has 0 spiro atoms. The van der Waals surface area contributed by atoms with Crippen molar-refractivity contribution in [1.29, 1.82) is 0 Å². The lowest BCUT2D eigenvalue weighted by molar-refractivity contribution is 0.102. The highest BCUT2D eigenvalue weighted by Crippen LogP contribution is 2.35. The van der Waals surface area contributed by atoms with E-state index in [9.17, 15) is 13.2 Å². The Morgan fingerprint density at radius 2 is 1.62 bits per heavy atom. The molecule has 0 atom stereocenters. The van der Waals surface area contributed by atoms with E-state index in [0.717, 1.165) is 4.31 Å². The molecule has 0 aliphatic carbocycles. The fraction of sp³-hybridized carbons (Fsp3) is 0.0769. The van der Waals surface area contributed by atoms with Gasteiger partial charge in [-0.1, -0.05) is 18.2 Å². The van der Waals surface area contributed by atoms with Crippen molar-refractivity contribution >= 4 is 67.9 Å². The molecule has 2 heterocycles. The normalized spacial score (nSPS) is 10.8. The van der Waals surface area contributed by atoms with Crippen molar-refractivity contribution in [2.45, 2.75) is 0 Å². The van der Waals surface area contributed by atoms with Gasteiger partial charge in [0, 0.05) is 35.0 Å². The summed E-state index contributed by atoms with van der Waals surface area (Å²) >= 11 is 1.30. The van der Waals surface area contributed by atoms with Crippen LogP contribution >= 0.6 is 11.3 Å². The quantitative estimate of drug-likeness (QED) is 0.217. The summed E-state index contributed by atoms with van der Waals surface area (Å²) in [6, 6.07) is 18.7. The second-order valence-corrected chi connectivity index (χ2v) is 9.63. The summed E-state index contributed by atoms with van der Waals surface area (Å²) in [6.45, 7) is 0. The van der Waals surface area contributed by atoms with E-state index < -0.39 is 16.8 Å². The Morgan fingerprint density at radius 3 is 2.26 bits per heavy atom. The Labute approximate surface area is 229 Å². The fourth-order valence-electron chi connectivity index (χ4n) is 3.77. The summed E-state index contributed by atoms with van der Waals surface area (Å²) in [6.07, 6.45) is 0. The summed E-state index contributed by atoms with van der Waals surface area (Å²) in [5, 5.41) is 7.53. The van der Waals surface area contributed by atoms with Crippen LogP contribution in [-0.4, -0.2) is 43.5 Å². The number of fused-ring (bicyclic) bond motifs is 1. The number of nitrogens with zero attached hydrogens (tertiary/aromatic N) is 4. The summed E-state index contributed by atoms with van der Waals surface area (Å²) in [7, 11) is -0.169. The Hall–Kier alpha value is -4.75. The molecular weight excluding hydrogens is 540 g/mol. The van der Waals surface area contributed by atoms with Gasteiger partial charge in [0.15, 0.2) is 11.6 Å². The van der Waals surface area contributed by atoms with Crippen LogP contribution in [-0.2, 0) is 10.9 Å². The maximum absolute atomic E-state index is 12.7. The van der Waals surface area contributed by atoms with Crippen molar-refractivity contribution in [3.05, 3.63) is 83.3 Å². The third-order valence-electron chi connectivity index (χ3n) is 5.54. The summed E-state index contributed by atoms with van der Waals surface area (Å²) in [4.78, 5) is 25.8. The maximum atomic E-state index is 12.7. The molecule has 0 aliphatic rings. The average Bonchev–Trinajstić information content (AvgIpc) is 3.49. The molecule has 2 aromatic heterocycles. The molecule has 0 aliphatic heterocycles. The summed E-state index contributed by atoms with van der Waals surface area (Å²) < 4.78 is 37.1. The van der Waals surface area contributed by atoms with Crippen molar-refractivity contribution in [3.8, 4) is 11.5 Å². The van der Waals surface area contributed by atoms with Gasteiger partial charge in [-0.15, -0.1) is 11.3 Å². The number of anilines is 5. The van der Waals surface area contributed by atoms with Gasteiger partial charge in [0.2, 0.25) is 10.9 Å². The molecule has 39 heavy (non-hydrogen) atoms. The molecule has 5 rings (SSSR count). The number of hydrogen-bond acceptors (Lipinski definition) is 10. The number of para-hydroxylation sites is 2. The minimum atomic E-state index is -3.23. The Balaban J connectivity index is 1.59. The highest BCUT2D eigenvalue weighted by atomic mass is 32.2. The second kappa shape index (κ2) is 11.3. The number of hydrogen-bond donors (Lipinski definition) is 3. The number of benzene rings is 3. The lowest BCUT2D eigenvalue weighted by Crippen LogP contribution is -2.19. The van der Waals surface area contributed by atoms with E-state index >= 15 is 0 Å². The van der Waals surface area contributed by atoms with Gasteiger partial charge in [0.1, 0.15) is 17.2 Å².